The van der Waals surface area contributed by atoms with Crippen LogP contribution in [-0.4, -0.2) is 51.9 Å². The Hall–Kier alpha value is -2.30. The molecule has 0 bridgehead atoms. The number of benzene rings is 1. The Morgan fingerprint density at radius 3 is 2.68 bits per heavy atom. The zero-order valence-corrected chi connectivity index (χ0v) is 16.8. The highest BCUT2D eigenvalue weighted by Crippen LogP contribution is 2.50. The number of fused-ring (bicyclic) bond motifs is 1. The van der Waals surface area contributed by atoms with Gasteiger partial charge in [-0.15, -0.1) is 12.3 Å². The van der Waals surface area contributed by atoms with Crippen LogP contribution in [-0.2, 0) is 14.4 Å². The molecule has 0 radical (unpaired) electrons. The van der Waals surface area contributed by atoms with E-state index in [0.717, 1.165) is 16.0 Å². The number of amides is 2. The third-order valence-corrected chi connectivity index (χ3v) is 6.44. The lowest BCUT2D eigenvalue weighted by Gasteiger charge is -2.31. The van der Waals surface area contributed by atoms with Crippen LogP contribution in [0.3, 0.4) is 0 Å². The first-order valence-electron chi connectivity index (χ1n) is 9.23. The number of aryl methyl sites for hydroxylation is 1. The minimum Gasteiger partial charge on any atom is -0.480 e. The highest BCUT2D eigenvalue weighted by Gasteiger charge is 2.68. The predicted molar refractivity (Wildman–Crippen MR) is 108 cm³/mol. The third kappa shape index (κ3) is 3.11. The standard InChI is InChI=1S/C21H24N2O4S/c1-4-5-11-23-18(24)15-16(19(23)25)21(20(26)27,10-12-28-3)22-17(15)14-9-7-6-8-13(14)2/h1,6-9,15-17,22H,5,10-12H2,2-3H3,(H,26,27). The summed E-state index contributed by atoms with van der Waals surface area (Å²) in [5.41, 5.74) is 0.329. The van der Waals surface area contributed by atoms with Gasteiger partial charge in [-0.05, 0) is 36.5 Å². The van der Waals surface area contributed by atoms with Crippen LogP contribution in [0.15, 0.2) is 24.3 Å². The lowest BCUT2D eigenvalue weighted by molar-refractivity contribution is -0.151. The molecule has 2 aliphatic heterocycles. The van der Waals surface area contributed by atoms with Crippen molar-refractivity contribution in [3.63, 3.8) is 0 Å². The number of carboxylic acid groups (broad SMARTS) is 1. The number of rotatable bonds is 7. The Morgan fingerprint density at radius 2 is 2.07 bits per heavy atom. The maximum absolute atomic E-state index is 13.2. The second-order valence-electron chi connectivity index (χ2n) is 7.28. The largest absolute Gasteiger partial charge is 0.480 e. The van der Waals surface area contributed by atoms with Crippen molar-refractivity contribution in [3.8, 4) is 12.3 Å². The fraction of sp³-hybridized carbons (Fsp3) is 0.476. The van der Waals surface area contributed by atoms with Crippen LogP contribution in [0.4, 0.5) is 0 Å². The minimum absolute atomic E-state index is 0.125. The third-order valence-electron chi connectivity index (χ3n) is 5.83. The van der Waals surface area contributed by atoms with Crippen molar-refractivity contribution in [2.75, 3.05) is 18.6 Å². The van der Waals surface area contributed by atoms with Crippen LogP contribution in [0.1, 0.15) is 30.0 Å². The van der Waals surface area contributed by atoms with Gasteiger partial charge < -0.3 is 5.11 Å². The van der Waals surface area contributed by atoms with E-state index in [1.807, 2.05) is 37.4 Å². The van der Waals surface area contributed by atoms with Gasteiger partial charge in [0.1, 0.15) is 5.54 Å². The van der Waals surface area contributed by atoms with E-state index in [-0.39, 0.29) is 25.3 Å². The lowest BCUT2D eigenvalue weighted by atomic mass is 9.77. The molecule has 2 aliphatic rings. The van der Waals surface area contributed by atoms with Crippen LogP contribution < -0.4 is 5.32 Å². The first-order chi connectivity index (χ1) is 13.4. The van der Waals surface area contributed by atoms with Crippen molar-refractivity contribution in [1.29, 1.82) is 0 Å². The average Bonchev–Trinajstić information content (AvgIpc) is 3.14. The number of likely N-dealkylation sites (tertiary alicyclic amines) is 1. The van der Waals surface area contributed by atoms with Gasteiger partial charge in [-0.1, -0.05) is 24.3 Å². The monoisotopic (exact) mass is 400 g/mol. The lowest BCUT2D eigenvalue weighted by Crippen LogP contribution is -2.56. The van der Waals surface area contributed by atoms with Gasteiger partial charge in [0.15, 0.2) is 0 Å². The second kappa shape index (κ2) is 7.98. The predicted octanol–water partition coefficient (Wildman–Crippen LogP) is 1.84. The summed E-state index contributed by atoms with van der Waals surface area (Å²) in [5.74, 6) is -0.528. The van der Waals surface area contributed by atoms with Crippen molar-refractivity contribution >= 4 is 29.5 Å². The molecular formula is C21H24N2O4S. The summed E-state index contributed by atoms with van der Waals surface area (Å²) in [6.45, 7) is 2.05. The summed E-state index contributed by atoms with van der Waals surface area (Å²) in [4.78, 5) is 39.9. The molecule has 0 aliphatic carbocycles. The number of nitrogens with zero attached hydrogens (tertiary/aromatic N) is 1. The van der Waals surface area contributed by atoms with Crippen LogP contribution in [0.5, 0.6) is 0 Å². The molecule has 2 N–H and O–H groups in total. The normalized spacial score (nSPS) is 29.0. The molecule has 2 saturated heterocycles. The van der Waals surface area contributed by atoms with Crippen molar-refractivity contribution < 1.29 is 19.5 Å². The molecular weight excluding hydrogens is 376 g/mol. The fourth-order valence-corrected chi connectivity index (χ4v) is 4.98. The van der Waals surface area contributed by atoms with Crippen molar-refractivity contribution in [2.45, 2.75) is 31.3 Å². The Labute approximate surface area is 169 Å². The summed E-state index contributed by atoms with van der Waals surface area (Å²) >= 11 is 1.52. The van der Waals surface area contributed by atoms with E-state index in [2.05, 4.69) is 11.2 Å². The Morgan fingerprint density at radius 1 is 1.36 bits per heavy atom. The van der Waals surface area contributed by atoms with Crippen molar-refractivity contribution in [3.05, 3.63) is 35.4 Å². The van der Waals surface area contributed by atoms with Gasteiger partial charge in [0.05, 0.1) is 11.8 Å². The molecule has 2 heterocycles. The number of hydrogen-bond acceptors (Lipinski definition) is 5. The SMILES string of the molecule is C#CCCN1C(=O)C2C(c3ccccc3C)NC(CCSC)(C(=O)O)C2C1=O. The molecule has 6 nitrogen and oxygen atoms in total. The minimum atomic E-state index is -1.47. The molecule has 1 aromatic rings. The molecule has 7 heteroatoms. The van der Waals surface area contributed by atoms with E-state index in [9.17, 15) is 19.5 Å². The summed E-state index contributed by atoms with van der Waals surface area (Å²) in [6, 6.07) is 7.03. The second-order valence-corrected chi connectivity index (χ2v) is 8.27. The quantitative estimate of drug-likeness (QED) is 0.537. The number of terminal acetylenes is 1. The summed E-state index contributed by atoms with van der Waals surface area (Å²) in [5, 5.41) is 13.4. The van der Waals surface area contributed by atoms with Crippen molar-refractivity contribution in [1.82, 2.24) is 10.2 Å². The average molecular weight is 401 g/mol. The Kier molecular flexibility index (Phi) is 5.82. The molecule has 4 atom stereocenters. The molecule has 148 valence electrons. The first-order valence-corrected chi connectivity index (χ1v) is 10.6. The van der Waals surface area contributed by atoms with E-state index in [1.165, 1.54) is 11.8 Å². The maximum atomic E-state index is 13.2. The number of imide groups is 1. The summed E-state index contributed by atoms with van der Waals surface area (Å²) in [7, 11) is 0. The Balaban J connectivity index is 2.11. The van der Waals surface area contributed by atoms with Gasteiger partial charge in [0.2, 0.25) is 11.8 Å². The smallest absolute Gasteiger partial charge is 0.324 e. The Bertz CT molecular complexity index is 849. The van der Waals surface area contributed by atoms with E-state index in [4.69, 9.17) is 6.42 Å². The van der Waals surface area contributed by atoms with Crippen LogP contribution in [0, 0.1) is 31.1 Å². The highest BCUT2D eigenvalue weighted by molar-refractivity contribution is 7.98. The molecule has 4 unspecified atom stereocenters. The maximum Gasteiger partial charge on any atom is 0.324 e. The van der Waals surface area contributed by atoms with E-state index in [1.54, 1.807) is 0 Å². The number of nitrogens with one attached hydrogen (secondary N) is 1. The molecule has 3 rings (SSSR count). The van der Waals surface area contributed by atoms with Gasteiger partial charge in [-0.2, -0.15) is 11.8 Å². The van der Waals surface area contributed by atoms with Gasteiger partial charge in [0, 0.05) is 19.0 Å². The zero-order chi connectivity index (χ0) is 20.5. The number of carboxylic acids is 1. The van der Waals surface area contributed by atoms with E-state index >= 15 is 0 Å². The molecule has 2 fully saturated rings. The number of carbonyl (C=O) groups is 3. The fourth-order valence-electron chi connectivity index (χ4n) is 4.46. The van der Waals surface area contributed by atoms with Crippen LogP contribution in [0.25, 0.3) is 0 Å². The first kappa shape index (κ1) is 20.4. The number of hydrogen-bond donors (Lipinski definition) is 2. The number of thioether (sulfide) groups is 1. The molecule has 0 saturated carbocycles. The number of aliphatic carboxylic acids is 1. The summed E-state index contributed by atoms with van der Waals surface area (Å²) in [6.07, 6.45) is 7.71. The van der Waals surface area contributed by atoms with Crippen molar-refractivity contribution in [2.24, 2.45) is 11.8 Å². The van der Waals surface area contributed by atoms with E-state index in [0.29, 0.717) is 5.75 Å². The number of carbonyl (C=O) groups excluding carboxylic acids is 2. The molecule has 28 heavy (non-hydrogen) atoms. The molecule has 0 spiro atoms. The zero-order valence-electron chi connectivity index (χ0n) is 16.0. The molecule has 2 amide bonds. The van der Waals surface area contributed by atoms with Crippen LogP contribution in [0.2, 0.25) is 0 Å². The highest BCUT2D eigenvalue weighted by atomic mass is 32.2. The van der Waals surface area contributed by atoms with E-state index < -0.39 is 35.3 Å². The molecule has 0 aromatic heterocycles. The summed E-state index contributed by atoms with van der Waals surface area (Å²) < 4.78 is 0. The van der Waals surface area contributed by atoms with Gasteiger partial charge in [-0.25, -0.2) is 0 Å². The topological polar surface area (TPSA) is 86.7 Å². The molecule has 1 aromatic carbocycles. The van der Waals surface area contributed by atoms with Crippen LogP contribution >= 0.6 is 11.8 Å². The van der Waals surface area contributed by atoms with Gasteiger partial charge >= 0.3 is 5.97 Å². The van der Waals surface area contributed by atoms with Gasteiger partial charge in [0.25, 0.3) is 0 Å². The van der Waals surface area contributed by atoms with Gasteiger partial charge in [-0.3, -0.25) is 24.6 Å².